The highest BCUT2D eigenvalue weighted by molar-refractivity contribution is 6.14. The van der Waals surface area contributed by atoms with Gasteiger partial charge in [0, 0.05) is 49.4 Å². The van der Waals surface area contributed by atoms with E-state index in [4.69, 9.17) is 32.5 Å². The molecule has 0 aliphatic rings. The van der Waals surface area contributed by atoms with Crippen LogP contribution < -0.4 is 0 Å². The lowest BCUT2D eigenvalue weighted by molar-refractivity contribution is 0.669. The van der Waals surface area contributed by atoms with Crippen molar-refractivity contribution in [1.82, 2.24) is 19.5 Å². The van der Waals surface area contributed by atoms with E-state index in [9.17, 15) is 10.5 Å². The molecule has 0 amide bonds. The molecule has 0 spiro atoms. The van der Waals surface area contributed by atoms with Crippen LogP contribution in [0.5, 0.6) is 0 Å². The SMILES string of the molecule is [C-]#[N+]c1cc(C#N)cc(-c2ccc3c4ccc(-c5cc(C#N)cc([N+]#[C-])c5)cc4n(-c4ccc(-c5cccc6oc7ccccc7c56)cc4-c4nc(-c5ccccc5)nc(-c5ccccc5)n4)c3c2)c1. The minimum Gasteiger partial charge on any atom is -0.456 e. The average Bonchev–Trinajstić information content (AvgIpc) is 3.98. The Morgan fingerprint density at radius 1 is 0.414 bits per heavy atom. The summed E-state index contributed by atoms with van der Waals surface area (Å²) in [5.41, 5.74) is 12.9. The first-order valence-electron chi connectivity index (χ1n) is 22.3. The average molecular weight is 893 g/mol. The van der Waals surface area contributed by atoms with Crippen LogP contribution in [0.1, 0.15) is 11.1 Å². The van der Waals surface area contributed by atoms with Gasteiger partial charge >= 0.3 is 0 Å². The second kappa shape index (κ2) is 16.8. The van der Waals surface area contributed by atoms with Crippen LogP contribution in [0.3, 0.4) is 0 Å². The molecule has 0 aliphatic heterocycles. The van der Waals surface area contributed by atoms with Crippen LogP contribution in [0.25, 0.3) is 127 Å². The highest BCUT2D eigenvalue weighted by Gasteiger charge is 2.23. The number of furan rings is 1. The number of hydrogen-bond acceptors (Lipinski definition) is 6. The molecule has 0 bridgehead atoms. The Hall–Kier alpha value is -10.5. The first-order valence-corrected chi connectivity index (χ1v) is 22.3. The molecule has 0 unspecified atom stereocenters. The van der Waals surface area contributed by atoms with Crippen LogP contribution >= 0.6 is 0 Å². The van der Waals surface area contributed by atoms with Gasteiger partial charge in [0.25, 0.3) is 0 Å². The number of benzene rings is 9. The summed E-state index contributed by atoms with van der Waals surface area (Å²) in [5, 5.41) is 23.9. The standard InChI is InChI=1S/C61H32N8O/c1-64-46-28-37(35-62)26-44(30-46)41-20-23-49-50-24-21-42(45-27-38(36-63)29-47(31-45)65-2)34-55(50)69(54(49)33-41)53-25-22-43(48-17-11-19-57-58(48)51-16-9-10-18-56(51)70-57)32-52(53)61-67-59(39-12-5-3-6-13-39)66-60(68-61)40-14-7-4-8-15-40/h3-34H. The molecular weight excluding hydrogens is 861 g/mol. The van der Waals surface area contributed by atoms with Crippen LogP contribution in [0.15, 0.2) is 199 Å². The zero-order chi connectivity index (χ0) is 47.3. The third-order valence-corrected chi connectivity index (χ3v) is 12.7. The van der Waals surface area contributed by atoms with E-state index < -0.39 is 0 Å². The van der Waals surface area contributed by atoms with E-state index in [1.54, 1.807) is 36.4 Å². The highest BCUT2D eigenvalue weighted by atomic mass is 16.3. The van der Waals surface area contributed by atoms with Gasteiger partial charge in [-0.05, 0) is 106 Å². The number of nitrogens with zero attached hydrogens (tertiary/aromatic N) is 8. The Bertz CT molecular complexity index is 4040. The van der Waals surface area contributed by atoms with E-state index >= 15 is 0 Å². The van der Waals surface area contributed by atoms with Crippen LogP contribution in [0, 0.1) is 35.8 Å². The van der Waals surface area contributed by atoms with E-state index in [0.29, 0.717) is 40.0 Å². The van der Waals surface area contributed by atoms with Gasteiger partial charge in [0.2, 0.25) is 0 Å². The number of aromatic nitrogens is 4. The van der Waals surface area contributed by atoms with E-state index in [0.717, 1.165) is 99.5 Å². The summed E-state index contributed by atoms with van der Waals surface area (Å²) in [4.78, 5) is 23.0. The molecule has 0 N–H and O–H groups in total. The summed E-state index contributed by atoms with van der Waals surface area (Å²) < 4.78 is 8.60. The molecule has 322 valence electrons. The zero-order valence-electron chi connectivity index (χ0n) is 37.0. The zero-order valence-corrected chi connectivity index (χ0v) is 37.0. The van der Waals surface area contributed by atoms with E-state index in [1.807, 2.05) is 103 Å². The fraction of sp³-hybridized carbons (Fsp3) is 0. The quantitative estimate of drug-likeness (QED) is 0.147. The number of rotatable bonds is 7. The number of para-hydroxylation sites is 1. The van der Waals surface area contributed by atoms with Crippen molar-refractivity contribution in [1.29, 1.82) is 10.5 Å². The monoisotopic (exact) mass is 892 g/mol. The van der Waals surface area contributed by atoms with Crippen LogP contribution in [-0.2, 0) is 0 Å². The summed E-state index contributed by atoms with van der Waals surface area (Å²) in [6.07, 6.45) is 0. The molecular formula is C61H32N8O. The molecule has 0 radical (unpaired) electrons. The fourth-order valence-corrected chi connectivity index (χ4v) is 9.47. The molecule has 3 aromatic heterocycles. The van der Waals surface area contributed by atoms with Gasteiger partial charge in [-0.1, -0.05) is 121 Å². The van der Waals surface area contributed by atoms with Gasteiger partial charge in [-0.2, -0.15) is 10.5 Å². The van der Waals surface area contributed by atoms with Crippen molar-refractivity contribution >= 4 is 55.1 Å². The van der Waals surface area contributed by atoms with Crippen molar-refractivity contribution in [2.24, 2.45) is 0 Å². The maximum atomic E-state index is 9.99. The highest BCUT2D eigenvalue weighted by Crippen LogP contribution is 2.43. The Morgan fingerprint density at radius 2 is 0.943 bits per heavy atom. The molecule has 12 rings (SSSR count). The summed E-state index contributed by atoms with van der Waals surface area (Å²) in [6, 6.07) is 67.6. The second-order valence-corrected chi connectivity index (χ2v) is 16.8. The van der Waals surface area contributed by atoms with E-state index in [-0.39, 0.29) is 0 Å². The topological polar surface area (TPSA) is 113 Å². The summed E-state index contributed by atoms with van der Waals surface area (Å²) in [7, 11) is 0. The lowest BCUT2D eigenvalue weighted by Crippen LogP contribution is -2.04. The van der Waals surface area contributed by atoms with Crippen molar-refractivity contribution in [2.75, 3.05) is 0 Å². The Morgan fingerprint density at radius 3 is 1.51 bits per heavy atom. The van der Waals surface area contributed by atoms with Gasteiger partial charge in [0.15, 0.2) is 28.8 Å². The summed E-state index contributed by atoms with van der Waals surface area (Å²) in [5.74, 6) is 1.47. The maximum absolute atomic E-state index is 9.99. The van der Waals surface area contributed by atoms with Crippen LogP contribution in [0.4, 0.5) is 11.4 Å². The molecule has 9 nitrogen and oxygen atoms in total. The fourth-order valence-electron chi connectivity index (χ4n) is 9.47. The van der Waals surface area contributed by atoms with Crippen molar-refractivity contribution in [2.45, 2.75) is 0 Å². The summed E-state index contributed by atoms with van der Waals surface area (Å²) in [6.45, 7) is 15.6. The van der Waals surface area contributed by atoms with Gasteiger partial charge in [-0.25, -0.2) is 24.6 Å². The first-order chi connectivity index (χ1) is 34.5. The first kappa shape index (κ1) is 41.0. The van der Waals surface area contributed by atoms with Crippen molar-refractivity contribution < 1.29 is 4.42 Å². The molecule has 9 heteroatoms. The van der Waals surface area contributed by atoms with Gasteiger partial charge in [-0.15, -0.1) is 0 Å². The molecule has 9 aromatic carbocycles. The van der Waals surface area contributed by atoms with Crippen molar-refractivity contribution in [3.8, 4) is 85.4 Å². The molecule has 0 saturated heterocycles. The van der Waals surface area contributed by atoms with Gasteiger partial charge in [0.05, 0.1) is 42.0 Å². The molecule has 0 fully saturated rings. The second-order valence-electron chi connectivity index (χ2n) is 16.8. The van der Waals surface area contributed by atoms with Crippen LogP contribution in [-0.4, -0.2) is 19.5 Å². The Kier molecular flexibility index (Phi) is 9.82. The molecule has 0 atom stereocenters. The third kappa shape index (κ3) is 7.05. The van der Waals surface area contributed by atoms with Crippen molar-refractivity contribution in [3.05, 3.63) is 228 Å². The minimum absolute atomic E-state index is 0.370. The summed E-state index contributed by atoms with van der Waals surface area (Å²) >= 11 is 0. The molecule has 3 heterocycles. The predicted molar refractivity (Wildman–Crippen MR) is 276 cm³/mol. The third-order valence-electron chi connectivity index (χ3n) is 12.7. The normalized spacial score (nSPS) is 11.1. The molecule has 0 saturated carbocycles. The number of nitriles is 2. The van der Waals surface area contributed by atoms with E-state index in [2.05, 4.69) is 81.0 Å². The molecule has 70 heavy (non-hydrogen) atoms. The van der Waals surface area contributed by atoms with Crippen molar-refractivity contribution in [3.63, 3.8) is 0 Å². The lowest BCUT2D eigenvalue weighted by atomic mass is 9.96. The smallest absolute Gasteiger partial charge is 0.189 e. The van der Waals surface area contributed by atoms with Gasteiger partial charge in [-0.3, -0.25) is 0 Å². The van der Waals surface area contributed by atoms with Gasteiger partial charge < -0.3 is 8.98 Å². The molecule has 0 aliphatic carbocycles. The van der Waals surface area contributed by atoms with Crippen LogP contribution in [0.2, 0.25) is 0 Å². The van der Waals surface area contributed by atoms with Gasteiger partial charge in [0.1, 0.15) is 11.2 Å². The molecule has 12 aromatic rings. The largest absolute Gasteiger partial charge is 0.456 e. The maximum Gasteiger partial charge on any atom is 0.189 e. The lowest BCUT2D eigenvalue weighted by Gasteiger charge is -2.17. The number of hydrogen-bond donors (Lipinski definition) is 0. The Labute approximate surface area is 401 Å². The Balaban J connectivity index is 1.20. The minimum atomic E-state index is 0.370. The number of fused-ring (bicyclic) bond motifs is 6. The predicted octanol–water partition coefficient (Wildman–Crippen LogP) is 15.7. The van der Waals surface area contributed by atoms with E-state index in [1.165, 1.54) is 0 Å².